The van der Waals surface area contributed by atoms with Gasteiger partial charge in [0.2, 0.25) is 0 Å². The molecule has 0 bridgehead atoms. The summed E-state index contributed by atoms with van der Waals surface area (Å²) in [6, 6.07) is 0.489. The lowest BCUT2D eigenvalue weighted by molar-refractivity contribution is 0.345. The average molecular weight is 268 g/mol. The topological polar surface area (TPSA) is 24.9 Å². The Kier molecular flexibility index (Phi) is 5.80. The summed E-state index contributed by atoms with van der Waals surface area (Å²) in [5.41, 5.74) is 1.65. The van der Waals surface area contributed by atoms with Gasteiger partial charge < -0.3 is 5.32 Å². The third-order valence-electron chi connectivity index (χ3n) is 3.13. The van der Waals surface area contributed by atoms with Crippen LogP contribution >= 0.6 is 11.3 Å². The molecule has 0 spiro atoms. The Labute approximate surface area is 116 Å². The zero-order chi connectivity index (χ0) is 13.8. The third-order valence-corrected chi connectivity index (χ3v) is 4.31. The van der Waals surface area contributed by atoms with Crippen LogP contribution in [0.5, 0.6) is 0 Å². The van der Waals surface area contributed by atoms with Crippen molar-refractivity contribution in [2.75, 3.05) is 6.54 Å². The van der Waals surface area contributed by atoms with Crippen LogP contribution in [-0.4, -0.2) is 11.5 Å². The molecule has 104 valence electrons. The van der Waals surface area contributed by atoms with Gasteiger partial charge in [0.1, 0.15) is 0 Å². The van der Waals surface area contributed by atoms with E-state index < -0.39 is 0 Å². The van der Waals surface area contributed by atoms with E-state index in [0.717, 1.165) is 6.54 Å². The van der Waals surface area contributed by atoms with Crippen LogP contribution in [0.4, 0.5) is 0 Å². The van der Waals surface area contributed by atoms with E-state index in [1.54, 1.807) is 0 Å². The number of thiazole rings is 1. The van der Waals surface area contributed by atoms with E-state index in [0.29, 0.717) is 11.5 Å². The molecule has 0 radical (unpaired) electrons. The highest BCUT2D eigenvalue weighted by Gasteiger charge is 2.18. The van der Waals surface area contributed by atoms with Gasteiger partial charge >= 0.3 is 0 Å². The lowest BCUT2D eigenvalue weighted by atomic mass is 9.89. The van der Waals surface area contributed by atoms with Gasteiger partial charge in [-0.25, -0.2) is 4.98 Å². The summed E-state index contributed by atoms with van der Waals surface area (Å²) in [6.07, 6.45) is 3.77. The van der Waals surface area contributed by atoms with E-state index in [4.69, 9.17) is 0 Å². The first kappa shape index (κ1) is 15.6. The molecule has 1 atom stereocenters. The first-order chi connectivity index (χ1) is 8.33. The van der Waals surface area contributed by atoms with Gasteiger partial charge in [0.05, 0.1) is 10.7 Å². The maximum atomic E-state index is 4.55. The first-order valence-electron chi connectivity index (χ1n) is 7.01. The maximum Gasteiger partial charge on any atom is 0.0900 e. The number of rotatable bonds is 6. The summed E-state index contributed by atoms with van der Waals surface area (Å²) in [7, 11) is 0. The summed E-state index contributed by atoms with van der Waals surface area (Å²) in [5.74, 6) is 0. The van der Waals surface area contributed by atoms with E-state index in [1.165, 1.54) is 34.8 Å². The van der Waals surface area contributed by atoms with Crippen LogP contribution in [0.25, 0.3) is 0 Å². The van der Waals surface area contributed by atoms with Crippen molar-refractivity contribution in [1.29, 1.82) is 0 Å². The smallest absolute Gasteiger partial charge is 0.0900 e. The number of aryl methyl sites for hydroxylation is 2. The fourth-order valence-corrected chi connectivity index (χ4v) is 3.32. The Bertz CT molecular complexity index is 363. The fourth-order valence-electron chi connectivity index (χ4n) is 2.28. The molecule has 1 heterocycles. The maximum absolute atomic E-state index is 4.55. The van der Waals surface area contributed by atoms with Crippen LogP contribution in [0.15, 0.2) is 0 Å². The molecule has 2 nitrogen and oxygen atoms in total. The molecular weight excluding hydrogens is 240 g/mol. The summed E-state index contributed by atoms with van der Waals surface area (Å²) >= 11 is 1.85. The van der Waals surface area contributed by atoms with Gasteiger partial charge in [-0.2, -0.15) is 0 Å². The Morgan fingerprint density at radius 1 is 1.28 bits per heavy atom. The third kappa shape index (κ3) is 5.07. The van der Waals surface area contributed by atoms with Gasteiger partial charge in [-0.3, -0.25) is 0 Å². The standard InChI is InChI=1S/C15H28N2S/c1-7-16-13(9-8-10-15(4,5)6)14-11(2)17-12(3)18-14/h13,16H,7-10H2,1-6H3. The second-order valence-electron chi connectivity index (χ2n) is 6.25. The predicted octanol–water partition coefficient (Wildman–Crippen LogP) is 4.63. The molecule has 0 fully saturated rings. The van der Waals surface area contributed by atoms with Crippen molar-refractivity contribution in [3.8, 4) is 0 Å². The molecule has 0 saturated heterocycles. The first-order valence-corrected chi connectivity index (χ1v) is 7.82. The van der Waals surface area contributed by atoms with Crippen molar-refractivity contribution < 1.29 is 0 Å². The van der Waals surface area contributed by atoms with E-state index in [1.807, 2.05) is 11.3 Å². The van der Waals surface area contributed by atoms with E-state index in [2.05, 4.69) is 51.8 Å². The van der Waals surface area contributed by atoms with E-state index in [-0.39, 0.29) is 0 Å². The number of hydrogen-bond acceptors (Lipinski definition) is 3. The highest BCUT2D eigenvalue weighted by Crippen LogP contribution is 2.30. The minimum absolute atomic E-state index is 0.440. The zero-order valence-electron chi connectivity index (χ0n) is 12.8. The predicted molar refractivity (Wildman–Crippen MR) is 81.3 cm³/mol. The Hall–Kier alpha value is -0.410. The monoisotopic (exact) mass is 268 g/mol. The molecule has 0 aliphatic carbocycles. The molecule has 1 aromatic rings. The fraction of sp³-hybridized carbons (Fsp3) is 0.800. The summed E-state index contributed by atoms with van der Waals surface area (Å²) in [6.45, 7) is 14.4. The van der Waals surface area contributed by atoms with Crippen molar-refractivity contribution in [2.24, 2.45) is 5.41 Å². The van der Waals surface area contributed by atoms with Crippen LogP contribution < -0.4 is 5.32 Å². The highest BCUT2D eigenvalue weighted by molar-refractivity contribution is 7.11. The summed E-state index contributed by atoms with van der Waals surface area (Å²) in [5, 5.41) is 4.79. The number of aromatic nitrogens is 1. The van der Waals surface area contributed by atoms with Crippen molar-refractivity contribution in [3.63, 3.8) is 0 Å². The lowest BCUT2D eigenvalue weighted by Gasteiger charge is -2.21. The van der Waals surface area contributed by atoms with Crippen LogP contribution in [0.1, 0.15) is 68.6 Å². The Balaban J connectivity index is 2.63. The average Bonchev–Trinajstić information content (AvgIpc) is 2.55. The van der Waals surface area contributed by atoms with Gasteiger partial charge in [-0.1, -0.05) is 34.1 Å². The molecule has 1 aromatic heterocycles. The van der Waals surface area contributed by atoms with Crippen LogP contribution in [0.2, 0.25) is 0 Å². The quantitative estimate of drug-likeness (QED) is 0.814. The number of nitrogens with one attached hydrogen (secondary N) is 1. The molecule has 1 N–H and O–H groups in total. The SMILES string of the molecule is CCNC(CCCC(C)(C)C)c1sc(C)nc1C. The Morgan fingerprint density at radius 3 is 2.39 bits per heavy atom. The van der Waals surface area contributed by atoms with Crippen molar-refractivity contribution in [1.82, 2.24) is 10.3 Å². The summed E-state index contributed by atoms with van der Waals surface area (Å²) < 4.78 is 0. The number of hydrogen-bond donors (Lipinski definition) is 1. The van der Waals surface area contributed by atoms with E-state index >= 15 is 0 Å². The van der Waals surface area contributed by atoms with Crippen molar-refractivity contribution in [2.45, 2.75) is 66.8 Å². The van der Waals surface area contributed by atoms with Gasteiger partial charge in [0.25, 0.3) is 0 Å². The molecule has 3 heteroatoms. The van der Waals surface area contributed by atoms with Crippen LogP contribution in [0, 0.1) is 19.3 Å². The van der Waals surface area contributed by atoms with Gasteiger partial charge in [-0.05, 0) is 38.6 Å². The second-order valence-corrected chi connectivity index (χ2v) is 7.48. The van der Waals surface area contributed by atoms with Gasteiger partial charge in [-0.15, -0.1) is 11.3 Å². The van der Waals surface area contributed by atoms with Crippen LogP contribution in [-0.2, 0) is 0 Å². The summed E-state index contributed by atoms with van der Waals surface area (Å²) in [4.78, 5) is 5.98. The molecule has 1 rings (SSSR count). The molecular formula is C15H28N2S. The lowest BCUT2D eigenvalue weighted by Crippen LogP contribution is -2.21. The molecule has 0 aromatic carbocycles. The minimum atomic E-state index is 0.440. The van der Waals surface area contributed by atoms with Gasteiger partial charge in [0, 0.05) is 10.9 Å². The molecule has 0 amide bonds. The Morgan fingerprint density at radius 2 is 1.94 bits per heavy atom. The molecule has 0 aliphatic heterocycles. The minimum Gasteiger partial charge on any atom is -0.309 e. The number of nitrogens with zero attached hydrogens (tertiary/aromatic N) is 1. The molecule has 1 unspecified atom stereocenters. The highest BCUT2D eigenvalue weighted by atomic mass is 32.1. The van der Waals surface area contributed by atoms with Crippen LogP contribution in [0.3, 0.4) is 0 Å². The van der Waals surface area contributed by atoms with E-state index in [9.17, 15) is 0 Å². The second kappa shape index (κ2) is 6.67. The molecule has 18 heavy (non-hydrogen) atoms. The van der Waals surface area contributed by atoms with Gasteiger partial charge in [0.15, 0.2) is 0 Å². The van der Waals surface area contributed by atoms with Crippen molar-refractivity contribution in [3.05, 3.63) is 15.6 Å². The zero-order valence-corrected chi connectivity index (χ0v) is 13.6. The molecule has 0 saturated carbocycles. The normalized spacial score (nSPS) is 13.9. The largest absolute Gasteiger partial charge is 0.309 e. The molecule has 0 aliphatic rings. The van der Waals surface area contributed by atoms with Crippen molar-refractivity contribution >= 4 is 11.3 Å².